The molecule has 0 spiro atoms. The van der Waals surface area contributed by atoms with Crippen LogP contribution in [0.25, 0.3) is 16.6 Å². The predicted octanol–water partition coefficient (Wildman–Crippen LogP) is 4.92. The quantitative estimate of drug-likeness (QED) is 0.154. The number of nitriles is 1. The Morgan fingerprint density at radius 2 is 1.69 bits per heavy atom. The van der Waals surface area contributed by atoms with Gasteiger partial charge in [-0.25, -0.2) is 14.3 Å². The van der Waals surface area contributed by atoms with E-state index in [4.69, 9.17) is 9.72 Å². The highest BCUT2D eigenvalue weighted by atomic mass is 16.5. The number of carbonyl (C=O) groups excluding carboxylic acids is 4. The molecule has 17 nitrogen and oxygen atoms in total. The topological polar surface area (TPSA) is 192 Å². The van der Waals surface area contributed by atoms with Crippen LogP contribution in [0.2, 0.25) is 0 Å². The number of piperidine rings is 3. The molecule has 2 aromatic carbocycles. The highest BCUT2D eigenvalue weighted by molar-refractivity contribution is 5.99. The highest BCUT2D eigenvalue weighted by Crippen LogP contribution is 2.36. The third-order valence-electron chi connectivity index (χ3n) is 15.2. The van der Waals surface area contributed by atoms with Crippen molar-refractivity contribution >= 4 is 35.1 Å². The van der Waals surface area contributed by atoms with E-state index in [-0.39, 0.29) is 23.8 Å². The predicted molar refractivity (Wildman–Crippen MR) is 262 cm³/mol. The molecule has 5 aliphatic rings. The molecule has 2 unspecified atom stereocenters. The number of rotatable bonds is 12. The van der Waals surface area contributed by atoms with Gasteiger partial charge in [0.2, 0.25) is 11.8 Å². The minimum atomic E-state index is -1.06. The number of aliphatic hydroxyl groups excluding tert-OH is 1. The molecule has 0 radical (unpaired) electrons. The molecule has 3 aromatic heterocycles. The summed E-state index contributed by atoms with van der Waals surface area (Å²) < 4.78 is 7.49. The van der Waals surface area contributed by atoms with E-state index in [1.807, 2.05) is 71.5 Å². The average molecular weight is 948 g/mol. The summed E-state index contributed by atoms with van der Waals surface area (Å²) >= 11 is 0. The lowest BCUT2D eigenvalue weighted by Crippen LogP contribution is -2.61. The van der Waals surface area contributed by atoms with Gasteiger partial charge < -0.3 is 45.0 Å². The molecule has 5 aliphatic heterocycles. The number of piperazine rings is 1. The van der Waals surface area contributed by atoms with Crippen LogP contribution in [-0.4, -0.2) is 146 Å². The number of nitrogens with one attached hydrogen (secondary N) is 2. The van der Waals surface area contributed by atoms with Crippen LogP contribution < -0.4 is 20.3 Å². The summed E-state index contributed by atoms with van der Waals surface area (Å²) in [4.78, 5) is 67.7. The van der Waals surface area contributed by atoms with Crippen LogP contribution in [0, 0.1) is 11.3 Å². The van der Waals surface area contributed by atoms with Gasteiger partial charge in [0.15, 0.2) is 0 Å². The molecule has 3 N–H and O–H groups in total. The van der Waals surface area contributed by atoms with Crippen molar-refractivity contribution in [2.75, 3.05) is 70.4 Å². The van der Waals surface area contributed by atoms with Crippen LogP contribution in [0.5, 0.6) is 5.75 Å². The fraction of sp³-hybridized carbons (Fsp3) is 0.453. The Balaban J connectivity index is 0.699. The van der Waals surface area contributed by atoms with E-state index < -0.39 is 17.8 Å². The second kappa shape index (κ2) is 20.1. The average Bonchev–Trinajstić information content (AvgIpc) is 3.96. The molecule has 10 rings (SSSR count). The molecule has 8 heterocycles. The van der Waals surface area contributed by atoms with E-state index in [1.165, 1.54) is 0 Å². The number of urea groups is 1. The van der Waals surface area contributed by atoms with Crippen molar-refractivity contribution in [3.63, 3.8) is 0 Å². The fourth-order valence-corrected chi connectivity index (χ4v) is 11.2. The Kier molecular flexibility index (Phi) is 13.4. The highest BCUT2D eigenvalue weighted by Gasteiger charge is 2.41. The SMILES string of the molecule is CCOc1cc(-c2ccc(N3CCC(Cc4ccccc4)(NC(=O)N4CCN(C(=O)CCN5CCC(c6ccc7c(c6)C(=O)N(C6CCC(=O)NC6O)C7)CC5)CC4)CC3)nc2)c2c(C#N)cnn2c1. The molecule has 0 bridgehead atoms. The summed E-state index contributed by atoms with van der Waals surface area (Å²) in [5, 5.41) is 30.7. The second-order valence-corrected chi connectivity index (χ2v) is 19.5. The van der Waals surface area contributed by atoms with Crippen LogP contribution in [0.4, 0.5) is 10.6 Å². The van der Waals surface area contributed by atoms with Crippen LogP contribution >= 0.6 is 0 Å². The van der Waals surface area contributed by atoms with E-state index >= 15 is 0 Å². The lowest BCUT2D eigenvalue weighted by molar-refractivity contribution is -0.133. The van der Waals surface area contributed by atoms with Crippen LogP contribution in [0.1, 0.15) is 90.4 Å². The van der Waals surface area contributed by atoms with Gasteiger partial charge in [0.25, 0.3) is 5.91 Å². The van der Waals surface area contributed by atoms with Crippen molar-refractivity contribution in [2.24, 2.45) is 0 Å². The van der Waals surface area contributed by atoms with Gasteiger partial charge in [-0.05, 0) is 105 Å². The largest absolute Gasteiger partial charge is 0.492 e. The molecular weight excluding hydrogens is 887 g/mol. The van der Waals surface area contributed by atoms with Crippen LogP contribution in [0.3, 0.4) is 0 Å². The molecule has 364 valence electrons. The normalized spacial score (nSPS) is 20.8. The monoisotopic (exact) mass is 947 g/mol. The van der Waals surface area contributed by atoms with Crippen LogP contribution in [0.15, 0.2) is 85.3 Å². The molecule has 17 heteroatoms. The van der Waals surface area contributed by atoms with Crippen molar-refractivity contribution in [3.8, 4) is 22.9 Å². The van der Waals surface area contributed by atoms with E-state index in [9.17, 15) is 29.5 Å². The lowest BCUT2D eigenvalue weighted by Gasteiger charge is -2.44. The number of benzene rings is 2. The number of fused-ring (bicyclic) bond motifs is 2. The van der Waals surface area contributed by atoms with Crippen molar-refractivity contribution in [2.45, 2.75) is 88.6 Å². The van der Waals surface area contributed by atoms with Crippen molar-refractivity contribution in [1.82, 2.24) is 44.8 Å². The number of carbonyl (C=O) groups is 4. The fourth-order valence-electron chi connectivity index (χ4n) is 11.2. The summed E-state index contributed by atoms with van der Waals surface area (Å²) in [6.07, 6.45) is 9.32. The van der Waals surface area contributed by atoms with E-state index in [2.05, 4.69) is 49.8 Å². The molecule has 0 saturated carbocycles. The Labute approximate surface area is 408 Å². The van der Waals surface area contributed by atoms with Gasteiger partial charge in [0, 0.05) is 93.6 Å². The number of likely N-dealkylation sites (tertiary alicyclic amines) is 1. The van der Waals surface area contributed by atoms with E-state index in [0.29, 0.717) is 113 Å². The maximum absolute atomic E-state index is 14.1. The summed E-state index contributed by atoms with van der Waals surface area (Å²) in [5.41, 5.74) is 6.35. The zero-order valence-corrected chi connectivity index (χ0v) is 39.8. The summed E-state index contributed by atoms with van der Waals surface area (Å²) in [6, 6.07) is 24.2. The first-order valence-corrected chi connectivity index (χ1v) is 24.8. The summed E-state index contributed by atoms with van der Waals surface area (Å²) in [7, 11) is 0. The third-order valence-corrected chi connectivity index (χ3v) is 15.2. The number of pyridine rings is 2. The minimum absolute atomic E-state index is 0.0903. The van der Waals surface area contributed by atoms with Gasteiger partial charge in [0.1, 0.15) is 23.9 Å². The number of hydrogen-bond acceptors (Lipinski definition) is 11. The van der Waals surface area contributed by atoms with Crippen molar-refractivity contribution in [3.05, 3.63) is 113 Å². The van der Waals surface area contributed by atoms with Gasteiger partial charge in [-0.1, -0.05) is 42.5 Å². The number of anilines is 1. The van der Waals surface area contributed by atoms with E-state index in [1.54, 1.807) is 21.8 Å². The number of nitrogens with zero attached hydrogens (tertiary/aromatic N) is 9. The first-order valence-electron chi connectivity index (χ1n) is 24.8. The Morgan fingerprint density at radius 1 is 0.914 bits per heavy atom. The Bertz CT molecular complexity index is 2770. The number of aliphatic hydroxyl groups is 1. The van der Waals surface area contributed by atoms with Crippen LogP contribution in [-0.2, 0) is 22.6 Å². The van der Waals surface area contributed by atoms with Gasteiger partial charge in [-0.2, -0.15) is 10.4 Å². The smallest absolute Gasteiger partial charge is 0.317 e. The first kappa shape index (κ1) is 46.7. The molecule has 4 fully saturated rings. The third kappa shape index (κ3) is 9.75. The second-order valence-electron chi connectivity index (χ2n) is 19.5. The maximum atomic E-state index is 14.1. The number of aromatic nitrogens is 3. The zero-order valence-electron chi connectivity index (χ0n) is 39.8. The molecule has 70 heavy (non-hydrogen) atoms. The first-order chi connectivity index (χ1) is 34.1. The lowest BCUT2D eigenvalue weighted by atomic mass is 9.81. The maximum Gasteiger partial charge on any atom is 0.317 e. The minimum Gasteiger partial charge on any atom is -0.492 e. The zero-order chi connectivity index (χ0) is 48.4. The number of amides is 5. The molecular formula is C53H61N11O6. The molecule has 4 saturated heterocycles. The molecule has 5 aromatic rings. The molecule has 0 aliphatic carbocycles. The van der Waals surface area contributed by atoms with Gasteiger partial charge >= 0.3 is 6.03 Å². The Hall–Kier alpha value is -7.03. The standard InChI is InChI=1S/C53H61N11O6/c1-2-70-42-29-43(49-41(31-54)33-56-64(49)35-42)39-10-12-46(55-32-39)60-22-17-53(18-23-60,30-36-6-4-3-5-7-36)58-52(69)62-26-24-61(25-27-62)48(66)16-21-59-19-14-37(15-20-59)38-8-9-40-34-63(51(68)44(40)28-38)45-11-13-47(65)57-50(45)67/h3-10,12,28-29,32-33,35,37,45,50,67H,2,11,13-27,30,34H2,1H3,(H,57,65)(H,58,69). The van der Waals surface area contributed by atoms with E-state index in [0.717, 1.165) is 72.4 Å². The van der Waals surface area contributed by atoms with Gasteiger partial charge in [-0.15, -0.1) is 0 Å². The molecule has 2 atom stereocenters. The van der Waals surface area contributed by atoms with Crippen molar-refractivity contribution < 1.29 is 29.0 Å². The summed E-state index contributed by atoms with van der Waals surface area (Å²) in [5.74, 6) is 1.65. The molecule has 5 amide bonds. The summed E-state index contributed by atoms with van der Waals surface area (Å²) in [6.45, 7) is 8.64. The van der Waals surface area contributed by atoms with Gasteiger partial charge in [-0.3, -0.25) is 14.4 Å². The number of hydrogen-bond donors (Lipinski definition) is 3. The van der Waals surface area contributed by atoms with Gasteiger partial charge in [0.05, 0.1) is 36.1 Å². The number of ether oxygens (including phenoxy) is 1. The Morgan fingerprint density at radius 3 is 2.40 bits per heavy atom. The van der Waals surface area contributed by atoms with Crippen molar-refractivity contribution in [1.29, 1.82) is 5.26 Å².